The maximum Gasteiger partial charge on any atom is 0.120 e. The van der Waals surface area contributed by atoms with Crippen molar-refractivity contribution in [1.29, 1.82) is 0 Å². The summed E-state index contributed by atoms with van der Waals surface area (Å²) >= 11 is 0. The molecule has 0 amide bonds. The quantitative estimate of drug-likeness (QED) is 0.608. The van der Waals surface area contributed by atoms with Gasteiger partial charge in [-0.05, 0) is 30.2 Å². The van der Waals surface area contributed by atoms with E-state index in [0.717, 1.165) is 18.8 Å². The molecule has 0 aliphatic heterocycles. The van der Waals surface area contributed by atoms with Crippen LogP contribution in [-0.4, -0.2) is 6.54 Å². The standard InChI is InChI=1S/C18H21NO/c1-3-11-19-13-17-5-4-6-18(12-17)20-14-16-9-7-15(2)8-10-16/h3-10,12,19H,1,11,13-14H2,2H3. The van der Waals surface area contributed by atoms with Gasteiger partial charge in [0.15, 0.2) is 0 Å². The Morgan fingerprint density at radius 1 is 1.10 bits per heavy atom. The van der Waals surface area contributed by atoms with Gasteiger partial charge in [0.1, 0.15) is 12.4 Å². The van der Waals surface area contributed by atoms with Crippen molar-refractivity contribution in [2.75, 3.05) is 6.54 Å². The van der Waals surface area contributed by atoms with Crippen molar-refractivity contribution in [3.05, 3.63) is 77.9 Å². The molecule has 20 heavy (non-hydrogen) atoms. The number of hydrogen-bond donors (Lipinski definition) is 1. The predicted molar refractivity (Wildman–Crippen MR) is 83.9 cm³/mol. The Morgan fingerprint density at radius 3 is 2.65 bits per heavy atom. The summed E-state index contributed by atoms with van der Waals surface area (Å²) in [5.41, 5.74) is 3.67. The largest absolute Gasteiger partial charge is 0.489 e. The molecule has 2 heteroatoms. The molecule has 0 radical (unpaired) electrons. The van der Waals surface area contributed by atoms with Crippen molar-refractivity contribution in [2.45, 2.75) is 20.1 Å². The topological polar surface area (TPSA) is 21.3 Å². The summed E-state index contributed by atoms with van der Waals surface area (Å²) in [6, 6.07) is 16.6. The molecule has 2 aromatic carbocycles. The van der Waals surface area contributed by atoms with E-state index < -0.39 is 0 Å². The smallest absolute Gasteiger partial charge is 0.120 e. The highest BCUT2D eigenvalue weighted by Crippen LogP contribution is 2.15. The molecule has 2 aromatic rings. The second-order valence-electron chi connectivity index (χ2n) is 4.84. The van der Waals surface area contributed by atoms with Gasteiger partial charge in [-0.15, -0.1) is 6.58 Å². The number of nitrogens with one attached hydrogen (secondary N) is 1. The number of hydrogen-bond acceptors (Lipinski definition) is 2. The monoisotopic (exact) mass is 267 g/mol. The molecule has 1 N–H and O–H groups in total. The van der Waals surface area contributed by atoms with Crippen LogP contribution in [0.4, 0.5) is 0 Å². The van der Waals surface area contributed by atoms with Crippen LogP contribution in [0.3, 0.4) is 0 Å². The van der Waals surface area contributed by atoms with Crippen molar-refractivity contribution in [1.82, 2.24) is 5.32 Å². The zero-order valence-electron chi connectivity index (χ0n) is 11.9. The molecule has 0 spiro atoms. The maximum absolute atomic E-state index is 5.83. The van der Waals surface area contributed by atoms with E-state index >= 15 is 0 Å². The van der Waals surface area contributed by atoms with E-state index in [1.165, 1.54) is 16.7 Å². The molecule has 0 atom stereocenters. The average Bonchev–Trinajstić information content (AvgIpc) is 2.47. The molecule has 0 saturated carbocycles. The zero-order chi connectivity index (χ0) is 14.2. The van der Waals surface area contributed by atoms with Crippen molar-refractivity contribution in [2.24, 2.45) is 0 Å². The first kappa shape index (κ1) is 14.4. The third kappa shape index (κ3) is 4.56. The number of ether oxygens (including phenoxy) is 1. The minimum atomic E-state index is 0.601. The van der Waals surface area contributed by atoms with Crippen LogP contribution in [0.25, 0.3) is 0 Å². The van der Waals surface area contributed by atoms with E-state index in [1.54, 1.807) is 0 Å². The lowest BCUT2D eigenvalue weighted by molar-refractivity contribution is 0.306. The predicted octanol–water partition coefficient (Wildman–Crippen LogP) is 3.85. The molecule has 0 bridgehead atoms. The molecule has 104 valence electrons. The Balaban J connectivity index is 1.90. The molecule has 0 aromatic heterocycles. The van der Waals surface area contributed by atoms with Gasteiger partial charge in [-0.25, -0.2) is 0 Å². The third-order valence-electron chi connectivity index (χ3n) is 3.04. The van der Waals surface area contributed by atoms with Gasteiger partial charge in [-0.1, -0.05) is 48.0 Å². The Bertz CT molecular complexity index is 546. The molecular formula is C18H21NO. The Kier molecular flexibility index (Phi) is 5.39. The van der Waals surface area contributed by atoms with Crippen LogP contribution in [0.5, 0.6) is 5.75 Å². The lowest BCUT2D eigenvalue weighted by Crippen LogP contribution is -2.12. The van der Waals surface area contributed by atoms with Crippen LogP contribution in [0.1, 0.15) is 16.7 Å². The first-order valence-corrected chi connectivity index (χ1v) is 6.87. The van der Waals surface area contributed by atoms with Crippen LogP contribution in [0.2, 0.25) is 0 Å². The van der Waals surface area contributed by atoms with E-state index in [0.29, 0.717) is 6.61 Å². The van der Waals surface area contributed by atoms with Crippen LogP contribution in [-0.2, 0) is 13.2 Å². The normalized spacial score (nSPS) is 10.2. The maximum atomic E-state index is 5.83. The van der Waals surface area contributed by atoms with Crippen LogP contribution < -0.4 is 10.1 Å². The number of aryl methyl sites for hydroxylation is 1. The minimum Gasteiger partial charge on any atom is -0.489 e. The third-order valence-corrected chi connectivity index (χ3v) is 3.04. The summed E-state index contributed by atoms with van der Waals surface area (Å²) in [4.78, 5) is 0. The second-order valence-corrected chi connectivity index (χ2v) is 4.84. The van der Waals surface area contributed by atoms with Crippen molar-refractivity contribution in [3.63, 3.8) is 0 Å². The Labute approximate surface area is 121 Å². The molecule has 0 unspecified atom stereocenters. The van der Waals surface area contributed by atoms with Gasteiger partial charge >= 0.3 is 0 Å². The van der Waals surface area contributed by atoms with E-state index in [1.807, 2.05) is 18.2 Å². The van der Waals surface area contributed by atoms with E-state index in [2.05, 4.69) is 55.2 Å². The summed E-state index contributed by atoms with van der Waals surface area (Å²) in [5.74, 6) is 0.906. The Morgan fingerprint density at radius 2 is 1.90 bits per heavy atom. The SMILES string of the molecule is C=CCNCc1cccc(OCc2ccc(C)cc2)c1. The van der Waals surface area contributed by atoms with Gasteiger partial charge in [0.25, 0.3) is 0 Å². The minimum absolute atomic E-state index is 0.601. The van der Waals surface area contributed by atoms with E-state index in [-0.39, 0.29) is 0 Å². The first-order chi connectivity index (χ1) is 9.78. The highest BCUT2D eigenvalue weighted by Gasteiger charge is 1.98. The van der Waals surface area contributed by atoms with Gasteiger partial charge in [-0.2, -0.15) is 0 Å². The summed E-state index contributed by atoms with van der Waals surface area (Å²) in [5, 5.41) is 3.28. The van der Waals surface area contributed by atoms with E-state index in [4.69, 9.17) is 4.74 Å². The summed E-state index contributed by atoms with van der Waals surface area (Å²) in [6.07, 6.45) is 1.86. The zero-order valence-corrected chi connectivity index (χ0v) is 11.9. The molecule has 2 rings (SSSR count). The second kappa shape index (κ2) is 7.51. The average molecular weight is 267 g/mol. The van der Waals surface area contributed by atoms with Crippen molar-refractivity contribution in [3.8, 4) is 5.75 Å². The van der Waals surface area contributed by atoms with Gasteiger partial charge in [0.2, 0.25) is 0 Å². The van der Waals surface area contributed by atoms with Crippen LogP contribution in [0.15, 0.2) is 61.2 Å². The van der Waals surface area contributed by atoms with Crippen LogP contribution in [0, 0.1) is 6.92 Å². The van der Waals surface area contributed by atoms with E-state index in [9.17, 15) is 0 Å². The first-order valence-electron chi connectivity index (χ1n) is 6.87. The lowest BCUT2D eigenvalue weighted by atomic mass is 10.2. The fourth-order valence-corrected chi connectivity index (χ4v) is 1.91. The molecule has 0 aliphatic rings. The molecule has 2 nitrogen and oxygen atoms in total. The number of benzene rings is 2. The van der Waals surface area contributed by atoms with Crippen molar-refractivity contribution >= 4 is 0 Å². The highest BCUT2D eigenvalue weighted by atomic mass is 16.5. The summed E-state index contributed by atoms with van der Waals surface area (Å²) in [6.45, 7) is 8.02. The van der Waals surface area contributed by atoms with Gasteiger partial charge in [-0.3, -0.25) is 0 Å². The van der Waals surface area contributed by atoms with Crippen molar-refractivity contribution < 1.29 is 4.74 Å². The summed E-state index contributed by atoms with van der Waals surface area (Å²) in [7, 11) is 0. The van der Waals surface area contributed by atoms with Crippen LogP contribution >= 0.6 is 0 Å². The fraction of sp³-hybridized carbons (Fsp3) is 0.222. The molecule has 0 fully saturated rings. The molecule has 0 saturated heterocycles. The molecular weight excluding hydrogens is 246 g/mol. The van der Waals surface area contributed by atoms with Gasteiger partial charge in [0, 0.05) is 13.1 Å². The highest BCUT2D eigenvalue weighted by molar-refractivity contribution is 5.29. The van der Waals surface area contributed by atoms with Gasteiger partial charge in [0.05, 0.1) is 0 Å². The molecule has 0 heterocycles. The lowest BCUT2D eigenvalue weighted by Gasteiger charge is -2.09. The Hall–Kier alpha value is -2.06. The number of rotatable bonds is 7. The summed E-state index contributed by atoms with van der Waals surface area (Å²) < 4.78 is 5.83. The fourth-order valence-electron chi connectivity index (χ4n) is 1.91. The van der Waals surface area contributed by atoms with Gasteiger partial charge < -0.3 is 10.1 Å². The molecule has 0 aliphatic carbocycles.